The van der Waals surface area contributed by atoms with Gasteiger partial charge in [-0.3, -0.25) is 4.90 Å². The average Bonchev–Trinajstić information content (AvgIpc) is 2.95. The predicted molar refractivity (Wildman–Crippen MR) is 81.7 cm³/mol. The van der Waals surface area contributed by atoms with Gasteiger partial charge in [-0.05, 0) is 45.1 Å². The van der Waals surface area contributed by atoms with E-state index in [0.717, 1.165) is 70.0 Å². The molecule has 0 bridgehead atoms. The monoisotopic (exact) mass is 309 g/mol. The van der Waals surface area contributed by atoms with Gasteiger partial charge in [0.05, 0.1) is 13.2 Å². The molecule has 0 saturated carbocycles. The number of ether oxygens (including phenoxy) is 2. The number of hydrogen-bond acceptors (Lipinski definition) is 6. The first-order valence-electron chi connectivity index (χ1n) is 8.50. The molecular weight excluding hydrogens is 282 g/mol. The van der Waals surface area contributed by atoms with Crippen LogP contribution in [0.15, 0.2) is 4.52 Å². The summed E-state index contributed by atoms with van der Waals surface area (Å²) < 4.78 is 16.4. The summed E-state index contributed by atoms with van der Waals surface area (Å²) in [6.45, 7) is 7.55. The molecule has 1 aromatic rings. The summed E-state index contributed by atoms with van der Waals surface area (Å²) in [5, 5.41) is 3.84. The van der Waals surface area contributed by atoms with Crippen LogP contribution in [0.2, 0.25) is 0 Å². The number of nitrogens with zero attached hydrogens (tertiary/aromatic N) is 3. The van der Waals surface area contributed by atoms with Crippen LogP contribution in [0.5, 0.6) is 0 Å². The van der Waals surface area contributed by atoms with Gasteiger partial charge in [0.15, 0.2) is 5.82 Å². The fourth-order valence-corrected chi connectivity index (χ4v) is 3.44. The molecule has 1 atom stereocenters. The van der Waals surface area contributed by atoms with E-state index >= 15 is 0 Å². The zero-order chi connectivity index (χ0) is 15.2. The van der Waals surface area contributed by atoms with Crippen LogP contribution < -0.4 is 0 Å². The molecule has 0 aromatic carbocycles. The zero-order valence-electron chi connectivity index (χ0n) is 13.5. The standard InChI is InChI=1S/C16H27N3O3/c1-13-17-16(22-18-13)3-2-6-19-7-10-21-12-15(19)11-14-4-8-20-9-5-14/h14-15H,2-12H2,1H3. The van der Waals surface area contributed by atoms with Crippen LogP contribution in [0.25, 0.3) is 0 Å². The Morgan fingerprint density at radius 3 is 2.82 bits per heavy atom. The number of morpholine rings is 1. The largest absolute Gasteiger partial charge is 0.381 e. The third-order valence-corrected chi connectivity index (χ3v) is 4.70. The van der Waals surface area contributed by atoms with Crippen molar-refractivity contribution in [3.63, 3.8) is 0 Å². The highest BCUT2D eigenvalue weighted by molar-refractivity contribution is 4.84. The summed E-state index contributed by atoms with van der Waals surface area (Å²) in [5.74, 6) is 2.27. The summed E-state index contributed by atoms with van der Waals surface area (Å²) in [6, 6.07) is 0.557. The lowest BCUT2D eigenvalue weighted by molar-refractivity contribution is -0.0257. The molecule has 3 rings (SSSR count). The molecule has 124 valence electrons. The minimum atomic E-state index is 0.557. The van der Waals surface area contributed by atoms with Crippen molar-refractivity contribution in [3.8, 4) is 0 Å². The highest BCUT2D eigenvalue weighted by atomic mass is 16.5. The van der Waals surface area contributed by atoms with Crippen LogP contribution in [0.4, 0.5) is 0 Å². The molecule has 2 aliphatic rings. The SMILES string of the molecule is Cc1noc(CCCN2CCOCC2CC2CCOCC2)n1. The predicted octanol–water partition coefficient (Wildman–Crippen LogP) is 1.83. The number of aryl methyl sites for hydroxylation is 2. The van der Waals surface area contributed by atoms with Gasteiger partial charge in [-0.1, -0.05) is 5.16 Å². The third-order valence-electron chi connectivity index (χ3n) is 4.70. The summed E-state index contributed by atoms with van der Waals surface area (Å²) in [5.41, 5.74) is 0. The van der Waals surface area contributed by atoms with E-state index in [0.29, 0.717) is 6.04 Å². The molecule has 2 saturated heterocycles. The summed E-state index contributed by atoms with van der Waals surface area (Å²) in [7, 11) is 0. The quantitative estimate of drug-likeness (QED) is 0.799. The van der Waals surface area contributed by atoms with E-state index < -0.39 is 0 Å². The normalized spacial score (nSPS) is 24.7. The van der Waals surface area contributed by atoms with E-state index in [2.05, 4.69) is 15.0 Å². The van der Waals surface area contributed by atoms with Crippen molar-refractivity contribution in [2.75, 3.05) is 39.5 Å². The van der Waals surface area contributed by atoms with Crippen LogP contribution in [0, 0.1) is 12.8 Å². The van der Waals surface area contributed by atoms with Gasteiger partial charge < -0.3 is 14.0 Å². The van der Waals surface area contributed by atoms with Gasteiger partial charge in [0.1, 0.15) is 0 Å². The molecule has 1 aromatic heterocycles. The Balaban J connectivity index is 1.44. The second-order valence-corrected chi connectivity index (χ2v) is 6.40. The third kappa shape index (κ3) is 4.51. The number of hydrogen-bond donors (Lipinski definition) is 0. The first-order valence-corrected chi connectivity index (χ1v) is 8.50. The summed E-state index contributed by atoms with van der Waals surface area (Å²) in [6.07, 6.45) is 5.56. The van der Waals surface area contributed by atoms with E-state index in [1.807, 2.05) is 6.92 Å². The summed E-state index contributed by atoms with van der Waals surface area (Å²) >= 11 is 0. The van der Waals surface area contributed by atoms with Crippen molar-refractivity contribution in [1.29, 1.82) is 0 Å². The molecule has 1 unspecified atom stereocenters. The van der Waals surface area contributed by atoms with Crippen LogP contribution in [0.3, 0.4) is 0 Å². The Hall–Kier alpha value is -0.980. The molecule has 0 spiro atoms. The van der Waals surface area contributed by atoms with Crippen LogP contribution in [-0.2, 0) is 15.9 Å². The lowest BCUT2D eigenvalue weighted by Gasteiger charge is -2.38. The molecule has 0 radical (unpaired) electrons. The van der Waals surface area contributed by atoms with Crippen molar-refractivity contribution < 1.29 is 14.0 Å². The molecule has 3 heterocycles. The number of rotatable bonds is 6. The zero-order valence-corrected chi connectivity index (χ0v) is 13.5. The topological polar surface area (TPSA) is 60.6 Å². The Kier molecular flexibility index (Phi) is 5.81. The molecule has 0 amide bonds. The molecule has 2 aliphatic heterocycles. The second-order valence-electron chi connectivity index (χ2n) is 6.40. The molecule has 6 nitrogen and oxygen atoms in total. The fraction of sp³-hybridized carbons (Fsp3) is 0.875. The van der Waals surface area contributed by atoms with E-state index in [4.69, 9.17) is 14.0 Å². The van der Waals surface area contributed by atoms with Gasteiger partial charge in [-0.15, -0.1) is 0 Å². The van der Waals surface area contributed by atoms with Crippen LogP contribution >= 0.6 is 0 Å². The van der Waals surface area contributed by atoms with Gasteiger partial charge in [-0.25, -0.2) is 0 Å². The first-order chi connectivity index (χ1) is 10.8. The van der Waals surface area contributed by atoms with Gasteiger partial charge >= 0.3 is 0 Å². The molecule has 22 heavy (non-hydrogen) atoms. The van der Waals surface area contributed by atoms with E-state index in [9.17, 15) is 0 Å². The maximum atomic E-state index is 5.71. The molecule has 2 fully saturated rings. The molecule has 0 aliphatic carbocycles. The smallest absolute Gasteiger partial charge is 0.226 e. The van der Waals surface area contributed by atoms with Crippen molar-refractivity contribution in [2.24, 2.45) is 5.92 Å². The van der Waals surface area contributed by atoms with Gasteiger partial charge in [-0.2, -0.15) is 4.98 Å². The lowest BCUT2D eigenvalue weighted by Crippen LogP contribution is -2.47. The van der Waals surface area contributed by atoms with Crippen LogP contribution in [0.1, 0.15) is 37.4 Å². The summed E-state index contributed by atoms with van der Waals surface area (Å²) in [4.78, 5) is 6.86. The van der Waals surface area contributed by atoms with Crippen molar-refractivity contribution in [2.45, 2.75) is 45.1 Å². The van der Waals surface area contributed by atoms with Crippen molar-refractivity contribution in [1.82, 2.24) is 15.0 Å². The highest BCUT2D eigenvalue weighted by Gasteiger charge is 2.26. The van der Waals surface area contributed by atoms with E-state index in [-0.39, 0.29) is 0 Å². The molecular formula is C16H27N3O3. The Labute approximate surface area is 132 Å². The van der Waals surface area contributed by atoms with E-state index in [1.54, 1.807) is 0 Å². The molecule has 6 heteroatoms. The Morgan fingerprint density at radius 2 is 2.05 bits per heavy atom. The minimum Gasteiger partial charge on any atom is -0.381 e. The second kappa shape index (κ2) is 8.04. The van der Waals surface area contributed by atoms with Gasteiger partial charge in [0, 0.05) is 32.2 Å². The maximum Gasteiger partial charge on any atom is 0.226 e. The van der Waals surface area contributed by atoms with Gasteiger partial charge in [0.25, 0.3) is 0 Å². The Bertz CT molecular complexity index is 446. The fourth-order valence-electron chi connectivity index (χ4n) is 3.44. The highest BCUT2D eigenvalue weighted by Crippen LogP contribution is 2.24. The van der Waals surface area contributed by atoms with Gasteiger partial charge in [0.2, 0.25) is 5.89 Å². The molecule has 0 N–H and O–H groups in total. The maximum absolute atomic E-state index is 5.71. The first kappa shape index (κ1) is 15.9. The Morgan fingerprint density at radius 1 is 1.18 bits per heavy atom. The lowest BCUT2D eigenvalue weighted by atomic mass is 9.91. The average molecular weight is 309 g/mol. The van der Waals surface area contributed by atoms with Crippen molar-refractivity contribution in [3.05, 3.63) is 11.7 Å². The number of aromatic nitrogens is 2. The van der Waals surface area contributed by atoms with Crippen molar-refractivity contribution >= 4 is 0 Å². The van der Waals surface area contributed by atoms with E-state index in [1.165, 1.54) is 19.3 Å². The minimum absolute atomic E-state index is 0.557. The van der Waals surface area contributed by atoms with Crippen LogP contribution in [-0.4, -0.2) is 60.6 Å².